The Morgan fingerprint density at radius 2 is 2.12 bits per heavy atom. The molecule has 0 spiro atoms. The highest BCUT2D eigenvalue weighted by atomic mass is 19.3. The van der Waals surface area contributed by atoms with Crippen LogP contribution in [0.4, 0.5) is 8.78 Å². The summed E-state index contributed by atoms with van der Waals surface area (Å²) < 4.78 is 29.1. The van der Waals surface area contributed by atoms with Gasteiger partial charge in [-0.05, 0) is 7.05 Å². The molecule has 0 atom stereocenters. The molecule has 1 rings (SSSR count). The molecule has 4 nitrogen and oxygen atoms in total. The van der Waals surface area contributed by atoms with Crippen LogP contribution in [0.25, 0.3) is 0 Å². The Morgan fingerprint density at radius 1 is 1.41 bits per heavy atom. The first-order valence-electron chi connectivity index (χ1n) is 5.46. The zero-order valence-corrected chi connectivity index (χ0v) is 10.2. The number of aromatic nitrogens is 2. The van der Waals surface area contributed by atoms with E-state index in [0.29, 0.717) is 23.8 Å². The Kier molecular flexibility index (Phi) is 5.21. The van der Waals surface area contributed by atoms with E-state index in [1.165, 1.54) is 6.20 Å². The minimum Gasteiger partial charge on any atom is -0.484 e. The van der Waals surface area contributed by atoms with Gasteiger partial charge in [-0.2, -0.15) is 0 Å². The largest absolute Gasteiger partial charge is 0.484 e. The summed E-state index contributed by atoms with van der Waals surface area (Å²) in [5, 5.41) is 2.92. The SMILES string of the molecule is CNCc1nc(C(C)C)ncc1OCC(F)F. The van der Waals surface area contributed by atoms with Crippen LogP contribution >= 0.6 is 0 Å². The lowest BCUT2D eigenvalue weighted by atomic mass is 10.2. The third-order valence-corrected chi connectivity index (χ3v) is 2.07. The van der Waals surface area contributed by atoms with E-state index in [4.69, 9.17) is 4.74 Å². The molecule has 96 valence electrons. The topological polar surface area (TPSA) is 47.0 Å². The molecule has 6 heteroatoms. The molecule has 1 aromatic rings. The molecule has 0 aliphatic carbocycles. The van der Waals surface area contributed by atoms with Crippen molar-refractivity contribution in [1.29, 1.82) is 0 Å². The van der Waals surface area contributed by atoms with Crippen molar-refractivity contribution < 1.29 is 13.5 Å². The quantitative estimate of drug-likeness (QED) is 0.832. The van der Waals surface area contributed by atoms with E-state index in [2.05, 4.69) is 15.3 Å². The number of hydrogen-bond donors (Lipinski definition) is 1. The van der Waals surface area contributed by atoms with Crippen molar-refractivity contribution in [3.63, 3.8) is 0 Å². The van der Waals surface area contributed by atoms with Crippen molar-refractivity contribution in [2.24, 2.45) is 0 Å². The van der Waals surface area contributed by atoms with E-state index in [1.54, 1.807) is 7.05 Å². The number of halogens is 2. The molecule has 0 aliphatic rings. The summed E-state index contributed by atoms with van der Waals surface area (Å²) >= 11 is 0. The number of ether oxygens (including phenoxy) is 1. The fourth-order valence-electron chi connectivity index (χ4n) is 1.27. The van der Waals surface area contributed by atoms with Gasteiger partial charge in [0, 0.05) is 12.5 Å². The monoisotopic (exact) mass is 245 g/mol. The predicted octanol–water partition coefficient (Wildman–Crippen LogP) is 1.96. The lowest BCUT2D eigenvalue weighted by Gasteiger charge is -2.12. The molecule has 0 aliphatic heterocycles. The molecule has 0 bridgehead atoms. The molecule has 0 saturated heterocycles. The van der Waals surface area contributed by atoms with Crippen molar-refractivity contribution >= 4 is 0 Å². The fourth-order valence-corrected chi connectivity index (χ4v) is 1.27. The second kappa shape index (κ2) is 6.44. The number of nitrogens with zero attached hydrogens (tertiary/aromatic N) is 2. The van der Waals surface area contributed by atoms with E-state index in [1.807, 2.05) is 13.8 Å². The van der Waals surface area contributed by atoms with Gasteiger partial charge >= 0.3 is 0 Å². The van der Waals surface area contributed by atoms with Crippen LogP contribution in [0.5, 0.6) is 5.75 Å². The van der Waals surface area contributed by atoms with E-state index in [-0.39, 0.29) is 5.92 Å². The van der Waals surface area contributed by atoms with Gasteiger partial charge in [0.1, 0.15) is 12.4 Å². The first kappa shape index (κ1) is 13.8. The second-order valence-electron chi connectivity index (χ2n) is 3.93. The molecule has 0 saturated carbocycles. The van der Waals surface area contributed by atoms with E-state index in [9.17, 15) is 8.78 Å². The van der Waals surface area contributed by atoms with Crippen molar-refractivity contribution in [3.8, 4) is 5.75 Å². The normalized spacial score (nSPS) is 11.2. The molecule has 17 heavy (non-hydrogen) atoms. The Hall–Kier alpha value is -1.30. The molecule has 0 radical (unpaired) electrons. The molecule has 0 fully saturated rings. The average Bonchev–Trinajstić information content (AvgIpc) is 2.27. The molecule has 1 heterocycles. The lowest BCUT2D eigenvalue weighted by molar-refractivity contribution is 0.0809. The third kappa shape index (κ3) is 4.22. The molecule has 0 unspecified atom stereocenters. The first-order chi connectivity index (χ1) is 8.04. The third-order valence-electron chi connectivity index (χ3n) is 2.07. The maximum Gasteiger partial charge on any atom is 0.272 e. The van der Waals surface area contributed by atoms with Crippen LogP contribution in [0.1, 0.15) is 31.3 Å². The fraction of sp³-hybridized carbons (Fsp3) is 0.636. The minimum absolute atomic E-state index is 0.190. The van der Waals surface area contributed by atoms with E-state index >= 15 is 0 Å². The molecule has 0 amide bonds. The Balaban J connectivity index is 2.87. The van der Waals surface area contributed by atoms with Gasteiger partial charge in [0.05, 0.1) is 11.9 Å². The summed E-state index contributed by atoms with van der Waals surface area (Å²) in [6.45, 7) is 3.76. The van der Waals surface area contributed by atoms with Crippen molar-refractivity contribution in [1.82, 2.24) is 15.3 Å². The molecular formula is C11H17F2N3O. The number of alkyl halides is 2. The Labute approximate surface area is 99.4 Å². The van der Waals surface area contributed by atoms with Gasteiger partial charge in [0.25, 0.3) is 6.43 Å². The maximum absolute atomic E-state index is 12.1. The first-order valence-corrected chi connectivity index (χ1v) is 5.46. The van der Waals surface area contributed by atoms with Crippen molar-refractivity contribution in [3.05, 3.63) is 17.7 Å². The summed E-state index contributed by atoms with van der Waals surface area (Å²) in [5.74, 6) is 1.18. The van der Waals surface area contributed by atoms with Crippen LogP contribution in [0.2, 0.25) is 0 Å². The number of rotatable bonds is 6. The number of hydrogen-bond acceptors (Lipinski definition) is 4. The highest BCUT2D eigenvalue weighted by molar-refractivity contribution is 5.25. The maximum atomic E-state index is 12.1. The summed E-state index contributed by atoms with van der Waals surface area (Å²) in [5.41, 5.74) is 0.604. The molecule has 1 aromatic heterocycles. The van der Waals surface area contributed by atoms with Crippen LogP contribution in [-0.4, -0.2) is 30.0 Å². The van der Waals surface area contributed by atoms with Crippen LogP contribution in [0.3, 0.4) is 0 Å². The van der Waals surface area contributed by atoms with E-state index < -0.39 is 13.0 Å². The van der Waals surface area contributed by atoms with Crippen LogP contribution in [0.15, 0.2) is 6.20 Å². The van der Waals surface area contributed by atoms with Crippen LogP contribution in [-0.2, 0) is 6.54 Å². The van der Waals surface area contributed by atoms with Crippen LogP contribution in [0, 0.1) is 0 Å². The predicted molar refractivity (Wildman–Crippen MR) is 60.4 cm³/mol. The summed E-state index contributed by atoms with van der Waals surface area (Å²) in [4.78, 5) is 8.39. The zero-order chi connectivity index (χ0) is 12.8. The van der Waals surface area contributed by atoms with Gasteiger partial charge in [-0.25, -0.2) is 18.7 Å². The smallest absolute Gasteiger partial charge is 0.272 e. The van der Waals surface area contributed by atoms with E-state index in [0.717, 1.165) is 0 Å². The average molecular weight is 245 g/mol. The van der Waals surface area contributed by atoms with Crippen LogP contribution < -0.4 is 10.1 Å². The lowest BCUT2D eigenvalue weighted by Crippen LogP contribution is -2.14. The number of nitrogens with one attached hydrogen (secondary N) is 1. The standard InChI is InChI=1S/C11H17F2N3O/c1-7(2)11-15-5-9(17-6-10(12)13)8(16-11)4-14-3/h5,7,10,14H,4,6H2,1-3H3. The molecular weight excluding hydrogens is 228 g/mol. The van der Waals surface area contributed by atoms with Gasteiger partial charge in [0.2, 0.25) is 0 Å². The highest BCUT2D eigenvalue weighted by Gasteiger charge is 2.12. The highest BCUT2D eigenvalue weighted by Crippen LogP contribution is 2.18. The zero-order valence-electron chi connectivity index (χ0n) is 10.2. The van der Waals surface area contributed by atoms with Gasteiger partial charge in [-0.3, -0.25) is 0 Å². The van der Waals surface area contributed by atoms with Gasteiger partial charge < -0.3 is 10.1 Å². The summed E-state index contributed by atoms with van der Waals surface area (Å²) in [6, 6.07) is 0. The van der Waals surface area contributed by atoms with Crippen molar-refractivity contribution in [2.75, 3.05) is 13.7 Å². The summed E-state index contributed by atoms with van der Waals surface area (Å²) in [6.07, 6.45) is -1.04. The minimum atomic E-state index is -2.50. The molecule has 0 aromatic carbocycles. The Morgan fingerprint density at radius 3 is 2.65 bits per heavy atom. The summed E-state index contributed by atoms with van der Waals surface area (Å²) in [7, 11) is 1.76. The second-order valence-corrected chi connectivity index (χ2v) is 3.93. The van der Waals surface area contributed by atoms with Gasteiger partial charge in [-0.1, -0.05) is 13.8 Å². The van der Waals surface area contributed by atoms with Gasteiger partial charge in [-0.15, -0.1) is 0 Å². The van der Waals surface area contributed by atoms with Crippen molar-refractivity contribution in [2.45, 2.75) is 32.7 Å². The Bertz CT molecular complexity index is 359. The van der Waals surface area contributed by atoms with Gasteiger partial charge in [0.15, 0.2) is 5.75 Å². The molecule has 1 N–H and O–H groups in total.